The minimum atomic E-state index is -0.180. The molecule has 1 amide bonds. The lowest BCUT2D eigenvalue weighted by atomic mass is 9.91. The van der Waals surface area contributed by atoms with E-state index in [2.05, 4.69) is 10.6 Å². The molecule has 1 fully saturated rings. The van der Waals surface area contributed by atoms with Crippen LogP contribution in [0.25, 0.3) is 0 Å². The zero-order valence-corrected chi connectivity index (χ0v) is 10.6. The van der Waals surface area contributed by atoms with Crippen molar-refractivity contribution in [3.05, 3.63) is 29.8 Å². The summed E-state index contributed by atoms with van der Waals surface area (Å²) in [6, 6.07) is 7.44. The predicted octanol–water partition coefficient (Wildman–Crippen LogP) is 1.65. The number of para-hydroxylation sites is 1. The summed E-state index contributed by atoms with van der Waals surface area (Å²) in [7, 11) is 1.98. The number of carbonyl (C=O) groups is 1. The van der Waals surface area contributed by atoms with Gasteiger partial charge in [0.25, 0.3) is 5.91 Å². The van der Waals surface area contributed by atoms with E-state index in [9.17, 15) is 9.90 Å². The van der Waals surface area contributed by atoms with Gasteiger partial charge in [-0.25, -0.2) is 0 Å². The van der Waals surface area contributed by atoms with Gasteiger partial charge in [-0.3, -0.25) is 4.79 Å². The fourth-order valence-electron chi connectivity index (χ4n) is 2.46. The molecular weight excluding hydrogens is 228 g/mol. The highest BCUT2D eigenvalue weighted by molar-refractivity contribution is 5.96. The van der Waals surface area contributed by atoms with Crippen LogP contribution in [0, 0.1) is 0 Å². The van der Waals surface area contributed by atoms with Crippen LogP contribution in [0.3, 0.4) is 0 Å². The second-order valence-corrected chi connectivity index (χ2v) is 4.83. The van der Waals surface area contributed by atoms with E-state index < -0.39 is 0 Å². The Hall–Kier alpha value is -1.55. The van der Waals surface area contributed by atoms with Crippen molar-refractivity contribution in [2.45, 2.75) is 37.8 Å². The van der Waals surface area contributed by atoms with Gasteiger partial charge < -0.3 is 15.7 Å². The minimum Gasteiger partial charge on any atom is -0.507 e. The highest BCUT2D eigenvalue weighted by Gasteiger charge is 2.22. The van der Waals surface area contributed by atoms with Gasteiger partial charge in [0.15, 0.2) is 0 Å². The summed E-state index contributed by atoms with van der Waals surface area (Å²) >= 11 is 0. The van der Waals surface area contributed by atoms with Crippen LogP contribution < -0.4 is 10.6 Å². The molecule has 4 heteroatoms. The fraction of sp³-hybridized carbons (Fsp3) is 0.500. The zero-order valence-electron chi connectivity index (χ0n) is 10.6. The van der Waals surface area contributed by atoms with Crippen LogP contribution in [0.2, 0.25) is 0 Å². The van der Waals surface area contributed by atoms with Crippen LogP contribution in [-0.2, 0) is 0 Å². The lowest BCUT2D eigenvalue weighted by molar-refractivity contribution is 0.0922. The maximum Gasteiger partial charge on any atom is 0.255 e. The SMILES string of the molecule is CNC1CCC(NC(=O)c2ccccc2O)CC1. The van der Waals surface area contributed by atoms with Crippen molar-refractivity contribution in [3.63, 3.8) is 0 Å². The van der Waals surface area contributed by atoms with Gasteiger partial charge in [0.1, 0.15) is 5.75 Å². The first kappa shape index (κ1) is 12.9. The highest BCUT2D eigenvalue weighted by atomic mass is 16.3. The van der Waals surface area contributed by atoms with Crippen LogP contribution in [-0.4, -0.2) is 30.1 Å². The minimum absolute atomic E-state index is 0.0407. The van der Waals surface area contributed by atoms with E-state index in [0.717, 1.165) is 25.7 Å². The van der Waals surface area contributed by atoms with E-state index in [4.69, 9.17) is 0 Å². The molecule has 1 aromatic carbocycles. The monoisotopic (exact) mass is 248 g/mol. The standard InChI is InChI=1S/C14H20N2O2/c1-15-10-6-8-11(9-7-10)16-14(18)12-4-2-3-5-13(12)17/h2-5,10-11,15,17H,6-9H2,1H3,(H,16,18). The van der Waals surface area contributed by atoms with E-state index in [0.29, 0.717) is 11.6 Å². The number of nitrogens with one attached hydrogen (secondary N) is 2. The molecule has 0 aromatic heterocycles. The summed E-state index contributed by atoms with van der Waals surface area (Å²) in [4.78, 5) is 12.0. The number of aromatic hydroxyl groups is 1. The van der Waals surface area contributed by atoms with Crippen LogP contribution >= 0.6 is 0 Å². The van der Waals surface area contributed by atoms with E-state index in [1.54, 1.807) is 18.2 Å². The first-order valence-electron chi connectivity index (χ1n) is 6.47. The molecule has 1 saturated carbocycles. The Balaban J connectivity index is 1.91. The molecule has 1 aliphatic carbocycles. The third-order valence-corrected chi connectivity index (χ3v) is 3.62. The van der Waals surface area contributed by atoms with E-state index in [1.165, 1.54) is 6.07 Å². The average Bonchev–Trinajstić information content (AvgIpc) is 2.40. The molecule has 0 spiro atoms. The van der Waals surface area contributed by atoms with Crippen LogP contribution in [0.5, 0.6) is 5.75 Å². The summed E-state index contributed by atoms with van der Waals surface area (Å²) in [6.45, 7) is 0. The number of amides is 1. The van der Waals surface area contributed by atoms with Crippen molar-refractivity contribution in [3.8, 4) is 5.75 Å². The number of carbonyl (C=O) groups excluding carboxylic acids is 1. The Morgan fingerprint density at radius 2 is 1.78 bits per heavy atom. The molecule has 2 rings (SSSR count). The number of rotatable bonds is 3. The molecule has 1 aliphatic rings. The van der Waals surface area contributed by atoms with Gasteiger partial charge in [0.2, 0.25) is 0 Å². The molecule has 0 heterocycles. The average molecular weight is 248 g/mol. The van der Waals surface area contributed by atoms with Crippen molar-refractivity contribution >= 4 is 5.91 Å². The Bertz CT molecular complexity index is 412. The van der Waals surface area contributed by atoms with Gasteiger partial charge in [-0.2, -0.15) is 0 Å². The van der Waals surface area contributed by atoms with Crippen molar-refractivity contribution in [2.75, 3.05) is 7.05 Å². The normalized spacial score (nSPS) is 23.6. The van der Waals surface area contributed by atoms with Crippen molar-refractivity contribution in [2.24, 2.45) is 0 Å². The maximum absolute atomic E-state index is 12.0. The Morgan fingerprint density at radius 1 is 1.17 bits per heavy atom. The van der Waals surface area contributed by atoms with Gasteiger partial charge in [-0.1, -0.05) is 12.1 Å². The lowest BCUT2D eigenvalue weighted by Gasteiger charge is -2.28. The molecule has 0 saturated heterocycles. The third kappa shape index (κ3) is 3.01. The molecule has 0 bridgehead atoms. The first-order valence-corrected chi connectivity index (χ1v) is 6.47. The highest BCUT2D eigenvalue weighted by Crippen LogP contribution is 2.20. The Kier molecular flexibility index (Phi) is 4.20. The maximum atomic E-state index is 12.0. The Morgan fingerprint density at radius 3 is 2.39 bits per heavy atom. The summed E-state index contributed by atoms with van der Waals surface area (Å²) < 4.78 is 0. The second kappa shape index (κ2) is 5.87. The molecule has 1 aromatic rings. The molecular formula is C14H20N2O2. The van der Waals surface area contributed by atoms with Crippen molar-refractivity contribution in [1.29, 1.82) is 0 Å². The summed E-state index contributed by atoms with van der Waals surface area (Å²) in [5.41, 5.74) is 0.355. The molecule has 0 aliphatic heterocycles. The fourth-order valence-corrected chi connectivity index (χ4v) is 2.46. The van der Waals surface area contributed by atoms with Gasteiger partial charge in [-0.15, -0.1) is 0 Å². The number of phenols is 1. The summed E-state index contributed by atoms with van der Waals surface area (Å²) in [6.07, 6.45) is 4.15. The first-order chi connectivity index (χ1) is 8.70. The molecule has 0 atom stereocenters. The largest absolute Gasteiger partial charge is 0.507 e. The molecule has 3 N–H and O–H groups in total. The number of hydrogen-bond donors (Lipinski definition) is 3. The zero-order chi connectivity index (χ0) is 13.0. The molecule has 98 valence electrons. The van der Waals surface area contributed by atoms with Crippen LogP contribution in [0.15, 0.2) is 24.3 Å². The lowest BCUT2D eigenvalue weighted by Crippen LogP contribution is -2.41. The van der Waals surface area contributed by atoms with Gasteiger partial charge in [-0.05, 0) is 44.9 Å². The van der Waals surface area contributed by atoms with Gasteiger partial charge >= 0.3 is 0 Å². The number of hydrogen-bond acceptors (Lipinski definition) is 3. The van der Waals surface area contributed by atoms with E-state index in [1.807, 2.05) is 7.05 Å². The molecule has 0 radical (unpaired) electrons. The Labute approximate surface area is 107 Å². The molecule has 0 unspecified atom stereocenters. The predicted molar refractivity (Wildman–Crippen MR) is 70.7 cm³/mol. The summed E-state index contributed by atoms with van der Waals surface area (Å²) in [5, 5.41) is 15.9. The second-order valence-electron chi connectivity index (χ2n) is 4.83. The van der Waals surface area contributed by atoms with Crippen LogP contribution in [0.4, 0.5) is 0 Å². The van der Waals surface area contributed by atoms with Crippen molar-refractivity contribution in [1.82, 2.24) is 10.6 Å². The topological polar surface area (TPSA) is 61.4 Å². The van der Waals surface area contributed by atoms with Gasteiger partial charge in [0.05, 0.1) is 5.56 Å². The quantitative estimate of drug-likeness (QED) is 0.762. The molecule has 18 heavy (non-hydrogen) atoms. The smallest absolute Gasteiger partial charge is 0.255 e. The summed E-state index contributed by atoms with van der Waals surface area (Å²) in [5.74, 6) is -0.139. The van der Waals surface area contributed by atoms with Crippen molar-refractivity contribution < 1.29 is 9.90 Å². The van der Waals surface area contributed by atoms with Crippen LogP contribution in [0.1, 0.15) is 36.0 Å². The van der Waals surface area contributed by atoms with E-state index >= 15 is 0 Å². The molecule has 4 nitrogen and oxygen atoms in total. The number of phenolic OH excluding ortho intramolecular Hbond substituents is 1. The van der Waals surface area contributed by atoms with Gasteiger partial charge in [0, 0.05) is 12.1 Å². The van der Waals surface area contributed by atoms with E-state index in [-0.39, 0.29) is 17.7 Å². The third-order valence-electron chi connectivity index (χ3n) is 3.62. The number of benzene rings is 1.